The molecular weight excluding hydrogens is 256 g/mol. The van der Waals surface area contributed by atoms with E-state index < -0.39 is 5.97 Å². The van der Waals surface area contributed by atoms with Gasteiger partial charge < -0.3 is 14.6 Å². The van der Waals surface area contributed by atoms with E-state index in [-0.39, 0.29) is 5.76 Å². The topological polar surface area (TPSA) is 79.1 Å². The summed E-state index contributed by atoms with van der Waals surface area (Å²) in [5.74, 6) is -1.34. The van der Waals surface area contributed by atoms with E-state index in [0.29, 0.717) is 16.4 Å². The molecule has 0 aliphatic heterocycles. The molecule has 0 saturated carbocycles. The lowest BCUT2D eigenvalue weighted by molar-refractivity contribution is 0.0652. The molecule has 2 aromatic heterocycles. The molecule has 1 aromatic carbocycles. The number of H-pyrrole nitrogens is 1. The molecule has 5 nitrogen and oxygen atoms in total. The van der Waals surface area contributed by atoms with Crippen molar-refractivity contribution in [1.82, 2.24) is 10.1 Å². The first-order valence-electron chi connectivity index (χ1n) is 5.12. The van der Waals surface area contributed by atoms with Crippen molar-refractivity contribution in [3.05, 3.63) is 41.1 Å². The summed E-state index contributed by atoms with van der Waals surface area (Å²) in [6.45, 7) is 0. The number of aromatic carboxylic acids is 1. The lowest BCUT2D eigenvalue weighted by Crippen LogP contribution is -1.91. The first-order valence-corrected chi connectivity index (χ1v) is 5.50. The van der Waals surface area contributed by atoms with Gasteiger partial charge in [0.25, 0.3) is 0 Å². The van der Waals surface area contributed by atoms with Crippen LogP contribution in [0.2, 0.25) is 5.02 Å². The molecule has 0 spiro atoms. The second-order valence-electron chi connectivity index (χ2n) is 3.80. The van der Waals surface area contributed by atoms with Crippen LogP contribution < -0.4 is 0 Å². The van der Waals surface area contributed by atoms with Crippen LogP contribution in [0.15, 0.2) is 34.9 Å². The van der Waals surface area contributed by atoms with E-state index in [1.807, 2.05) is 12.1 Å². The predicted octanol–water partition coefficient (Wildman–Crippen LogP) is 3.17. The summed E-state index contributed by atoms with van der Waals surface area (Å²) in [5.41, 5.74) is 1.99. The number of hydrogen-bond acceptors (Lipinski definition) is 3. The molecule has 18 heavy (non-hydrogen) atoms. The maximum absolute atomic E-state index is 10.7. The van der Waals surface area contributed by atoms with Gasteiger partial charge in [0.05, 0.1) is 5.69 Å². The fourth-order valence-electron chi connectivity index (χ4n) is 1.74. The molecule has 0 fully saturated rings. The van der Waals surface area contributed by atoms with Crippen LogP contribution in [0.1, 0.15) is 10.6 Å². The fraction of sp³-hybridized carbons (Fsp3) is 0. The van der Waals surface area contributed by atoms with E-state index in [9.17, 15) is 4.79 Å². The van der Waals surface area contributed by atoms with Gasteiger partial charge in [-0.25, -0.2) is 4.79 Å². The third-order valence-corrected chi connectivity index (χ3v) is 2.82. The molecule has 90 valence electrons. The normalized spacial score (nSPS) is 10.9. The molecule has 0 atom stereocenters. The Balaban J connectivity index is 2.10. The Morgan fingerprint density at radius 2 is 2.17 bits per heavy atom. The molecule has 2 heterocycles. The Morgan fingerprint density at radius 1 is 1.33 bits per heavy atom. The fourth-order valence-corrected chi connectivity index (χ4v) is 1.91. The van der Waals surface area contributed by atoms with Gasteiger partial charge in [0.15, 0.2) is 0 Å². The zero-order chi connectivity index (χ0) is 12.7. The predicted molar refractivity (Wildman–Crippen MR) is 65.8 cm³/mol. The standard InChI is InChI=1S/C12H7ClN2O3/c13-7-2-1-6-3-9(14-8(6)4-7)10-5-11(12(16)17)18-15-10/h1-5,14H,(H,16,17). The van der Waals surface area contributed by atoms with E-state index in [1.165, 1.54) is 6.07 Å². The number of nitrogens with zero attached hydrogens (tertiary/aromatic N) is 1. The number of fused-ring (bicyclic) bond motifs is 1. The number of aromatic nitrogens is 2. The minimum atomic E-state index is -1.15. The van der Waals surface area contributed by atoms with Gasteiger partial charge in [0.1, 0.15) is 5.69 Å². The molecule has 3 rings (SSSR count). The van der Waals surface area contributed by atoms with Crippen molar-refractivity contribution in [3.63, 3.8) is 0 Å². The molecule has 3 aromatic rings. The summed E-state index contributed by atoms with van der Waals surface area (Å²) < 4.78 is 4.70. The van der Waals surface area contributed by atoms with Crippen LogP contribution in [0, 0.1) is 0 Å². The summed E-state index contributed by atoms with van der Waals surface area (Å²) in [5, 5.41) is 14.1. The summed E-state index contributed by atoms with van der Waals surface area (Å²) in [7, 11) is 0. The Morgan fingerprint density at radius 3 is 2.89 bits per heavy atom. The Hall–Kier alpha value is -2.27. The number of aromatic amines is 1. The van der Waals surface area contributed by atoms with Gasteiger partial charge in [-0.2, -0.15) is 0 Å². The van der Waals surface area contributed by atoms with Gasteiger partial charge in [-0.05, 0) is 18.2 Å². The average molecular weight is 263 g/mol. The van der Waals surface area contributed by atoms with Gasteiger partial charge in [0.2, 0.25) is 5.76 Å². The zero-order valence-corrected chi connectivity index (χ0v) is 9.73. The highest BCUT2D eigenvalue weighted by Crippen LogP contribution is 2.25. The Labute approximate surface area is 106 Å². The van der Waals surface area contributed by atoms with Crippen molar-refractivity contribution in [2.45, 2.75) is 0 Å². The van der Waals surface area contributed by atoms with Gasteiger partial charge in [-0.3, -0.25) is 0 Å². The first kappa shape index (κ1) is 10.9. The SMILES string of the molecule is O=C(O)c1cc(-c2cc3ccc(Cl)cc3[nH]2)no1. The van der Waals surface area contributed by atoms with Crippen molar-refractivity contribution >= 4 is 28.5 Å². The highest BCUT2D eigenvalue weighted by Gasteiger charge is 2.13. The molecule has 2 N–H and O–H groups in total. The number of halogens is 1. The van der Waals surface area contributed by atoms with Crippen molar-refractivity contribution in [1.29, 1.82) is 0 Å². The van der Waals surface area contributed by atoms with Crippen molar-refractivity contribution < 1.29 is 14.4 Å². The molecule has 0 bridgehead atoms. The zero-order valence-electron chi connectivity index (χ0n) is 8.98. The van der Waals surface area contributed by atoms with Crippen LogP contribution in [-0.4, -0.2) is 21.2 Å². The monoisotopic (exact) mass is 262 g/mol. The molecular formula is C12H7ClN2O3. The van der Waals surface area contributed by atoms with E-state index in [0.717, 1.165) is 10.9 Å². The van der Waals surface area contributed by atoms with Crippen LogP contribution in [0.25, 0.3) is 22.3 Å². The summed E-state index contributed by atoms with van der Waals surface area (Å²) in [6, 6.07) is 8.67. The molecule has 0 unspecified atom stereocenters. The lowest BCUT2D eigenvalue weighted by atomic mass is 10.2. The summed E-state index contributed by atoms with van der Waals surface area (Å²) in [4.78, 5) is 13.8. The van der Waals surface area contributed by atoms with Gasteiger partial charge in [-0.1, -0.05) is 22.8 Å². The Kier molecular flexibility index (Phi) is 2.34. The van der Waals surface area contributed by atoms with E-state index in [2.05, 4.69) is 10.1 Å². The van der Waals surface area contributed by atoms with Crippen LogP contribution >= 0.6 is 11.6 Å². The third kappa shape index (κ3) is 1.74. The number of hydrogen-bond donors (Lipinski definition) is 2. The second kappa shape index (κ2) is 3.89. The number of rotatable bonds is 2. The van der Waals surface area contributed by atoms with Crippen molar-refractivity contribution in [3.8, 4) is 11.4 Å². The number of nitrogens with one attached hydrogen (secondary N) is 1. The molecule has 6 heteroatoms. The minimum absolute atomic E-state index is 0.193. The second-order valence-corrected chi connectivity index (χ2v) is 4.23. The summed E-state index contributed by atoms with van der Waals surface area (Å²) in [6.07, 6.45) is 0. The van der Waals surface area contributed by atoms with Gasteiger partial charge >= 0.3 is 5.97 Å². The highest BCUT2D eigenvalue weighted by atomic mass is 35.5. The van der Waals surface area contributed by atoms with Crippen molar-refractivity contribution in [2.75, 3.05) is 0 Å². The number of carboxylic acid groups (broad SMARTS) is 1. The summed E-state index contributed by atoms with van der Waals surface area (Å²) >= 11 is 5.89. The van der Waals surface area contributed by atoms with Crippen LogP contribution in [0.4, 0.5) is 0 Å². The van der Waals surface area contributed by atoms with Crippen LogP contribution in [0.5, 0.6) is 0 Å². The molecule has 0 aliphatic rings. The van der Waals surface area contributed by atoms with Gasteiger partial charge in [-0.15, -0.1) is 0 Å². The maximum atomic E-state index is 10.7. The Bertz CT molecular complexity index is 745. The molecule has 0 amide bonds. The molecule has 0 radical (unpaired) electrons. The average Bonchev–Trinajstić information content (AvgIpc) is 2.93. The molecule has 0 aliphatic carbocycles. The quantitative estimate of drug-likeness (QED) is 0.743. The minimum Gasteiger partial charge on any atom is -0.475 e. The van der Waals surface area contributed by atoms with Crippen LogP contribution in [-0.2, 0) is 0 Å². The molecule has 0 saturated heterocycles. The van der Waals surface area contributed by atoms with Crippen LogP contribution in [0.3, 0.4) is 0 Å². The van der Waals surface area contributed by atoms with E-state index in [1.54, 1.807) is 12.1 Å². The number of carboxylic acids is 1. The van der Waals surface area contributed by atoms with E-state index >= 15 is 0 Å². The lowest BCUT2D eigenvalue weighted by Gasteiger charge is -1.89. The number of carbonyl (C=O) groups is 1. The van der Waals surface area contributed by atoms with Gasteiger partial charge in [0, 0.05) is 22.0 Å². The maximum Gasteiger partial charge on any atom is 0.374 e. The van der Waals surface area contributed by atoms with Crippen molar-refractivity contribution in [2.24, 2.45) is 0 Å². The largest absolute Gasteiger partial charge is 0.475 e. The first-order chi connectivity index (χ1) is 8.63. The van der Waals surface area contributed by atoms with E-state index in [4.69, 9.17) is 21.2 Å². The number of benzene rings is 1. The third-order valence-electron chi connectivity index (χ3n) is 2.58. The highest BCUT2D eigenvalue weighted by molar-refractivity contribution is 6.31. The smallest absolute Gasteiger partial charge is 0.374 e.